The van der Waals surface area contributed by atoms with E-state index in [1.54, 1.807) is 0 Å². The van der Waals surface area contributed by atoms with Crippen LogP contribution < -0.4 is 16.0 Å². The Morgan fingerprint density at radius 3 is 2.62 bits per heavy atom. The number of benzene rings is 2. The van der Waals surface area contributed by atoms with E-state index >= 15 is 0 Å². The number of hydrogen-bond donors (Lipinski definition) is 3. The third-order valence-corrected chi connectivity index (χ3v) is 4.27. The first-order chi connectivity index (χ1) is 11.8. The molecular weight excluding hydrogens is 298 g/mol. The van der Waals surface area contributed by atoms with Crippen LogP contribution in [0.4, 0.5) is 17.1 Å². The Labute approximate surface area is 141 Å². The molecule has 2 aliphatic rings. The summed E-state index contributed by atoms with van der Waals surface area (Å²) in [5, 5.41) is 9.87. The van der Waals surface area contributed by atoms with Gasteiger partial charge in [-0.05, 0) is 36.6 Å². The van der Waals surface area contributed by atoms with Gasteiger partial charge in [-0.25, -0.2) is 0 Å². The predicted molar refractivity (Wildman–Crippen MR) is 98.0 cm³/mol. The van der Waals surface area contributed by atoms with E-state index in [9.17, 15) is 4.79 Å². The van der Waals surface area contributed by atoms with Crippen LogP contribution in [0.3, 0.4) is 0 Å². The molecule has 0 bridgehead atoms. The van der Waals surface area contributed by atoms with Crippen molar-refractivity contribution in [2.75, 3.05) is 16.0 Å². The van der Waals surface area contributed by atoms with Crippen LogP contribution in [0, 0.1) is 0 Å². The molecule has 0 aromatic heterocycles. The second-order valence-electron chi connectivity index (χ2n) is 5.99. The van der Waals surface area contributed by atoms with Crippen LogP contribution >= 0.6 is 0 Å². The highest BCUT2D eigenvalue weighted by atomic mass is 16.1. The van der Waals surface area contributed by atoms with Gasteiger partial charge in [-0.1, -0.05) is 48.6 Å². The van der Waals surface area contributed by atoms with Crippen molar-refractivity contribution < 1.29 is 4.79 Å². The van der Waals surface area contributed by atoms with Gasteiger partial charge in [-0.2, -0.15) is 0 Å². The molecule has 0 radical (unpaired) electrons. The molecule has 1 aliphatic heterocycles. The van der Waals surface area contributed by atoms with Gasteiger partial charge in [0.1, 0.15) is 6.17 Å². The van der Waals surface area contributed by atoms with Gasteiger partial charge in [-0.3, -0.25) is 4.79 Å². The van der Waals surface area contributed by atoms with Crippen LogP contribution in [-0.4, -0.2) is 5.91 Å². The first kappa shape index (κ1) is 14.6. The molecule has 4 heteroatoms. The second kappa shape index (κ2) is 6.24. The number of amides is 1. The Bertz CT molecular complexity index is 824. The van der Waals surface area contributed by atoms with Crippen molar-refractivity contribution in [3.63, 3.8) is 0 Å². The van der Waals surface area contributed by atoms with E-state index in [4.69, 9.17) is 0 Å². The number of fused-ring (bicyclic) bond motifs is 1. The standard InChI is InChI=1S/C20H19N3O/c24-20(15-9-5-2-6-10-15)21-16-11-12-17-18(13-16)23-19(22-17)14-7-3-1-4-8-14/h1,3-5,7-13,19,22-23H,2,6H2,(H,21,24). The van der Waals surface area contributed by atoms with Crippen molar-refractivity contribution in [2.24, 2.45) is 0 Å². The van der Waals surface area contributed by atoms with Crippen molar-refractivity contribution in [3.8, 4) is 0 Å². The molecule has 1 unspecified atom stereocenters. The van der Waals surface area contributed by atoms with E-state index in [1.807, 2.05) is 54.6 Å². The van der Waals surface area contributed by atoms with Crippen LogP contribution in [-0.2, 0) is 4.79 Å². The minimum Gasteiger partial charge on any atom is -0.360 e. The van der Waals surface area contributed by atoms with Gasteiger partial charge in [-0.15, -0.1) is 0 Å². The van der Waals surface area contributed by atoms with Gasteiger partial charge >= 0.3 is 0 Å². The SMILES string of the molecule is O=C(Nc1ccc2c(c1)NC(c1ccccc1)N2)C1=CCCC=C1. The van der Waals surface area contributed by atoms with Crippen LogP contribution in [0.2, 0.25) is 0 Å². The van der Waals surface area contributed by atoms with Gasteiger partial charge < -0.3 is 16.0 Å². The average Bonchev–Trinajstić information content (AvgIpc) is 3.06. The summed E-state index contributed by atoms with van der Waals surface area (Å²) in [6, 6.07) is 16.1. The molecule has 1 amide bonds. The Balaban J connectivity index is 1.49. The Morgan fingerprint density at radius 2 is 1.83 bits per heavy atom. The molecule has 4 nitrogen and oxygen atoms in total. The van der Waals surface area contributed by atoms with E-state index in [0.717, 1.165) is 35.5 Å². The van der Waals surface area contributed by atoms with Gasteiger partial charge in [0.2, 0.25) is 0 Å². The normalized spacial score (nSPS) is 18.2. The molecule has 0 fully saturated rings. The Kier molecular flexibility index (Phi) is 3.79. The summed E-state index contributed by atoms with van der Waals surface area (Å²) >= 11 is 0. The van der Waals surface area contributed by atoms with E-state index in [0.29, 0.717) is 0 Å². The van der Waals surface area contributed by atoms with Gasteiger partial charge in [0, 0.05) is 11.3 Å². The average molecular weight is 317 g/mol. The van der Waals surface area contributed by atoms with Crippen LogP contribution in [0.15, 0.2) is 72.3 Å². The van der Waals surface area contributed by atoms with Crippen LogP contribution in [0.1, 0.15) is 24.6 Å². The van der Waals surface area contributed by atoms with Crippen LogP contribution in [0.5, 0.6) is 0 Å². The third-order valence-electron chi connectivity index (χ3n) is 4.27. The highest BCUT2D eigenvalue weighted by Crippen LogP contribution is 2.37. The first-order valence-corrected chi connectivity index (χ1v) is 8.20. The van der Waals surface area contributed by atoms with Crippen molar-refractivity contribution >= 4 is 23.0 Å². The number of allylic oxidation sites excluding steroid dienone is 2. The first-order valence-electron chi connectivity index (χ1n) is 8.20. The molecule has 1 atom stereocenters. The minimum absolute atomic E-state index is 0.0520. The van der Waals surface area contributed by atoms with Gasteiger partial charge in [0.25, 0.3) is 5.91 Å². The maximum absolute atomic E-state index is 12.3. The summed E-state index contributed by atoms with van der Waals surface area (Å²) < 4.78 is 0. The molecule has 2 aromatic rings. The molecule has 0 spiro atoms. The number of carbonyl (C=O) groups excluding carboxylic acids is 1. The number of nitrogens with one attached hydrogen (secondary N) is 3. The Hall–Kier alpha value is -3.01. The third kappa shape index (κ3) is 2.91. The minimum atomic E-state index is -0.0588. The van der Waals surface area contributed by atoms with Crippen molar-refractivity contribution in [1.82, 2.24) is 0 Å². The summed E-state index contributed by atoms with van der Waals surface area (Å²) in [6.45, 7) is 0. The second-order valence-corrected chi connectivity index (χ2v) is 5.99. The molecule has 3 N–H and O–H groups in total. The van der Waals surface area contributed by atoms with E-state index in [1.165, 1.54) is 5.56 Å². The number of carbonyl (C=O) groups is 1. The largest absolute Gasteiger partial charge is 0.360 e. The highest BCUT2D eigenvalue weighted by molar-refractivity contribution is 6.06. The summed E-state index contributed by atoms with van der Waals surface area (Å²) in [5.41, 5.74) is 4.74. The lowest BCUT2D eigenvalue weighted by Gasteiger charge is -2.12. The smallest absolute Gasteiger partial charge is 0.255 e. The summed E-state index contributed by atoms with van der Waals surface area (Å²) in [5.74, 6) is -0.0588. The summed E-state index contributed by atoms with van der Waals surface area (Å²) in [6.07, 6.45) is 7.88. The zero-order valence-electron chi connectivity index (χ0n) is 13.3. The monoisotopic (exact) mass is 317 g/mol. The van der Waals surface area contributed by atoms with Crippen LogP contribution in [0.25, 0.3) is 0 Å². The van der Waals surface area contributed by atoms with E-state index in [-0.39, 0.29) is 12.1 Å². The number of hydrogen-bond acceptors (Lipinski definition) is 3. The predicted octanol–water partition coefficient (Wildman–Crippen LogP) is 4.44. The molecule has 0 saturated carbocycles. The highest BCUT2D eigenvalue weighted by Gasteiger charge is 2.21. The zero-order valence-corrected chi connectivity index (χ0v) is 13.3. The quantitative estimate of drug-likeness (QED) is 0.784. The molecule has 0 saturated heterocycles. The maximum atomic E-state index is 12.3. The van der Waals surface area contributed by atoms with E-state index in [2.05, 4.69) is 28.1 Å². The molecule has 24 heavy (non-hydrogen) atoms. The van der Waals surface area contributed by atoms with Crippen molar-refractivity contribution in [3.05, 3.63) is 77.9 Å². The topological polar surface area (TPSA) is 53.2 Å². The molecule has 120 valence electrons. The molecule has 1 heterocycles. The summed E-state index contributed by atoms with van der Waals surface area (Å²) in [7, 11) is 0. The molecule has 1 aliphatic carbocycles. The lowest BCUT2D eigenvalue weighted by Crippen LogP contribution is -2.14. The number of rotatable bonds is 3. The van der Waals surface area contributed by atoms with Gasteiger partial charge in [0.05, 0.1) is 11.4 Å². The maximum Gasteiger partial charge on any atom is 0.255 e. The van der Waals surface area contributed by atoms with Gasteiger partial charge in [0.15, 0.2) is 0 Å². The Morgan fingerprint density at radius 1 is 1.00 bits per heavy atom. The van der Waals surface area contributed by atoms with Crippen molar-refractivity contribution in [1.29, 1.82) is 0 Å². The fraction of sp³-hybridized carbons (Fsp3) is 0.150. The zero-order chi connectivity index (χ0) is 16.4. The molecule has 2 aromatic carbocycles. The fourth-order valence-corrected chi connectivity index (χ4v) is 3.01. The fourth-order valence-electron chi connectivity index (χ4n) is 3.01. The van der Waals surface area contributed by atoms with Crippen molar-refractivity contribution in [2.45, 2.75) is 19.0 Å². The lowest BCUT2D eigenvalue weighted by atomic mass is 10.1. The summed E-state index contributed by atoms with van der Waals surface area (Å²) in [4.78, 5) is 12.3. The molecular formula is C20H19N3O. The molecule has 4 rings (SSSR count). The lowest BCUT2D eigenvalue weighted by molar-refractivity contribution is -0.112. The number of anilines is 3. The van der Waals surface area contributed by atoms with E-state index < -0.39 is 0 Å².